The lowest BCUT2D eigenvalue weighted by Gasteiger charge is -2.32. The van der Waals surface area contributed by atoms with Gasteiger partial charge in [-0.1, -0.05) is 86.5 Å². The van der Waals surface area contributed by atoms with E-state index in [1.165, 1.54) is 0 Å². The van der Waals surface area contributed by atoms with Crippen molar-refractivity contribution in [2.45, 2.75) is 58.0 Å². The predicted octanol–water partition coefficient (Wildman–Crippen LogP) is 8.33. The minimum Gasteiger partial charge on any atom is -0.399 e. The van der Waals surface area contributed by atoms with E-state index < -0.39 is 37.4 Å². The molecule has 4 heteroatoms. The Hall–Kier alpha value is -2.92. The van der Waals surface area contributed by atoms with Crippen LogP contribution in [0.5, 0.6) is 0 Å². The Kier molecular flexibility index (Phi) is 3.59. The Bertz CT molecular complexity index is 1910. The van der Waals surface area contributed by atoms with Gasteiger partial charge in [0.05, 0.1) is 11.2 Å². The van der Waals surface area contributed by atoms with Gasteiger partial charge in [-0.05, 0) is 72.5 Å². The van der Waals surface area contributed by atoms with E-state index in [0.29, 0.717) is 22.3 Å². The highest BCUT2D eigenvalue weighted by Gasteiger charge is 2.52. The van der Waals surface area contributed by atoms with Crippen molar-refractivity contribution in [3.8, 4) is 22.3 Å². The first-order valence-electron chi connectivity index (χ1n) is 15.6. The lowest BCUT2D eigenvalue weighted by Crippen LogP contribution is -2.41. The number of fused-ring (bicyclic) bond motifs is 6. The molecule has 0 bridgehead atoms. The maximum Gasteiger partial charge on any atom is 0.496 e. The minimum atomic E-state index is -2.81. The largest absolute Gasteiger partial charge is 0.496 e. The summed E-state index contributed by atoms with van der Waals surface area (Å²) in [7, 11) is -0.511. The summed E-state index contributed by atoms with van der Waals surface area (Å²) in [5.41, 5.74) is 1.54. The zero-order chi connectivity index (χ0) is 30.7. The third kappa shape index (κ3) is 3.19. The number of hydrogen-bond acceptors (Lipinski definition) is 3. The van der Waals surface area contributed by atoms with Crippen LogP contribution in [0.1, 0.15) is 60.8 Å². The average molecular weight is 509 g/mol. The van der Waals surface area contributed by atoms with Gasteiger partial charge in [0.15, 0.2) is 0 Å². The molecule has 2 heterocycles. The second-order valence-corrected chi connectivity index (χ2v) is 12.2. The molecule has 0 radical (unpaired) electrons. The molecule has 0 saturated carbocycles. The van der Waals surface area contributed by atoms with Gasteiger partial charge in [0.1, 0.15) is 0 Å². The van der Waals surface area contributed by atoms with E-state index >= 15 is 0 Å². The fourth-order valence-electron chi connectivity index (χ4n) is 5.67. The Morgan fingerprint density at radius 2 is 1.32 bits per heavy atom. The van der Waals surface area contributed by atoms with E-state index in [4.69, 9.17) is 17.5 Å². The molecule has 184 valence electrons. The smallest absolute Gasteiger partial charge is 0.399 e. The van der Waals surface area contributed by atoms with E-state index in [0.717, 1.165) is 36.8 Å². The molecule has 5 aromatic rings. The van der Waals surface area contributed by atoms with Crippen LogP contribution in [0.3, 0.4) is 0 Å². The van der Waals surface area contributed by atoms with Gasteiger partial charge in [-0.3, -0.25) is 0 Å². The Balaban J connectivity index is 1.45. The van der Waals surface area contributed by atoms with Crippen LogP contribution < -0.4 is 5.46 Å². The molecule has 0 spiro atoms. The second kappa shape index (κ2) is 7.57. The van der Waals surface area contributed by atoms with E-state index in [1.54, 1.807) is 29.5 Å². The summed E-state index contributed by atoms with van der Waals surface area (Å²) in [5, 5.41) is 2.15. The van der Waals surface area contributed by atoms with Gasteiger partial charge >= 0.3 is 7.12 Å². The summed E-state index contributed by atoms with van der Waals surface area (Å²) in [4.78, 5) is 0. The molecule has 2 nitrogen and oxygen atoms in total. The number of hydrogen-bond donors (Lipinski definition) is 0. The van der Waals surface area contributed by atoms with Gasteiger partial charge in [0.25, 0.3) is 0 Å². The molecule has 4 aromatic carbocycles. The molecule has 1 aromatic heterocycles. The van der Waals surface area contributed by atoms with Gasteiger partial charge in [-0.15, -0.1) is 11.3 Å². The first kappa shape index (κ1) is 17.6. The van der Waals surface area contributed by atoms with Crippen molar-refractivity contribution in [2.75, 3.05) is 0 Å². The summed E-state index contributed by atoms with van der Waals surface area (Å²) in [6, 6.07) is 24.9. The molecule has 0 amide bonds. The lowest BCUT2D eigenvalue weighted by atomic mass is 9.78. The molecule has 1 aliphatic carbocycles. The Labute approximate surface area is 231 Å². The summed E-state index contributed by atoms with van der Waals surface area (Å²) in [6.45, 7) is 2.56. The van der Waals surface area contributed by atoms with Crippen LogP contribution >= 0.6 is 11.3 Å². The molecule has 1 fully saturated rings. The normalized spacial score (nSPS) is 22.0. The SMILES string of the molecule is [2H]C([2H])([2H])C1(C([2H])([2H])[2H])c2ccccc2-c2ccc(-c3cccc4c3sc3c(B5OC(C)(C)C(C)(C)O5)cccc34)cc21. The van der Waals surface area contributed by atoms with Crippen molar-refractivity contribution in [1.82, 2.24) is 0 Å². The van der Waals surface area contributed by atoms with Gasteiger partial charge in [0, 0.05) is 33.9 Å². The molecule has 0 N–H and O–H groups in total. The standard InChI is InChI=1S/C33H31BO2S/c1-31(2)26-15-8-7-11-22(26)23-18-17-20(19-27(23)31)21-12-9-13-24-25-14-10-16-28(30(25)37-29(21)24)34-35-32(3,4)33(5,6)36-34/h7-19H,1-6H3/i1D3,2D3. The predicted molar refractivity (Wildman–Crippen MR) is 158 cm³/mol. The first-order valence-corrected chi connectivity index (χ1v) is 13.4. The van der Waals surface area contributed by atoms with Gasteiger partial charge in [-0.25, -0.2) is 0 Å². The van der Waals surface area contributed by atoms with Gasteiger partial charge in [-0.2, -0.15) is 0 Å². The molecule has 1 aliphatic heterocycles. The first-order chi connectivity index (χ1) is 20.1. The molecular formula is C33H31BO2S. The van der Waals surface area contributed by atoms with E-state index in [-0.39, 0.29) is 0 Å². The van der Waals surface area contributed by atoms with Crippen LogP contribution in [0, 0.1) is 0 Å². The Morgan fingerprint density at radius 1 is 0.676 bits per heavy atom. The van der Waals surface area contributed by atoms with Gasteiger partial charge in [0.2, 0.25) is 0 Å². The molecule has 0 atom stereocenters. The van der Waals surface area contributed by atoms with E-state index in [2.05, 4.69) is 12.1 Å². The summed E-state index contributed by atoms with van der Waals surface area (Å²) >= 11 is 1.65. The van der Waals surface area contributed by atoms with Crippen molar-refractivity contribution in [3.63, 3.8) is 0 Å². The monoisotopic (exact) mass is 508 g/mol. The third-order valence-corrected chi connectivity index (χ3v) is 9.72. The van der Waals surface area contributed by atoms with Crippen molar-refractivity contribution < 1.29 is 17.5 Å². The van der Waals surface area contributed by atoms with Gasteiger partial charge < -0.3 is 9.31 Å². The summed E-state index contributed by atoms with van der Waals surface area (Å²) in [6.07, 6.45) is 0. The highest BCUT2D eigenvalue weighted by Crippen LogP contribution is 2.50. The molecular weight excluding hydrogens is 471 g/mol. The second-order valence-electron chi connectivity index (χ2n) is 11.2. The van der Waals surface area contributed by atoms with Crippen LogP contribution in [0.15, 0.2) is 78.9 Å². The lowest BCUT2D eigenvalue weighted by molar-refractivity contribution is 0.00578. The molecule has 1 saturated heterocycles. The maximum absolute atomic E-state index is 8.59. The highest BCUT2D eigenvalue weighted by molar-refractivity contribution is 7.27. The fourth-order valence-corrected chi connectivity index (χ4v) is 7.03. The van der Waals surface area contributed by atoms with E-state index in [9.17, 15) is 0 Å². The van der Waals surface area contributed by atoms with Crippen molar-refractivity contribution >= 4 is 44.1 Å². The third-order valence-electron chi connectivity index (χ3n) is 8.42. The molecule has 2 aliphatic rings. The number of benzene rings is 4. The quantitative estimate of drug-likeness (QED) is 0.223. The van der Waals surface area contributed by atoms with Crippen molar-refractivity contribution in [3.05, 3.63) is 90.0 Å². The topological polar surface area (TPSA) is 18.5 Å². The van der Waals surface area contributed by atoms with Crippen LogP contribution in [0.25, 0.3) is 42.4 Å². The van der Waals surface area contributed by atoms with E-state index in [1.807, 2.05) is 76.2 Å². The molecule has 7 rings (SSSR count). The zero-order valence-corrected chi connectivity index (χ0v) is 22.1. The van der Waals surface area contributed by atoms with Crippen LogP contribution in [0.2, 0.25) is 0 Å². The fraction of sp³-hybridized carbons (Fsp3) is 0.273. The molecule has 37 heavy (non-hydrogen) atoms. The average Bonchev–Trinajstić information content (AvgIpc) is 3.52. The van der Waals surface area contributed by atoms with Crippen LogP contribution in [-0.4, -0.2) is 18.3 Å². The zero-order valence-electron chi connectivity index (χ0n) is 27.3. The Morgan fingerprint density at radius 3 is 2.08 bits per heavy atom. The minimum absolute atomic E-state index is 0.322. The van der Waals surface area contributed by atoms with Crippen LogP contribution in [-0.2, 0) is 14.7 Å². The summed E-state index contributed by atoms with van der Waals surface area (Å²) < 4.78 is 66.4. The van der Waals surface area contributed by atoms with Crippen molar-refractivity contribution in [1.29, 1.82) is 0 Å². The maximum atomic E-state index is 8.59. The summed E-state index contributed by atoms with van der Waals surface area (Å²) in [5.74, 6) is 0. The van der Waals surface area contributed by atoms with Crippen molar-refractivity contribution in [2.24, 2.45) is 0 Å². The number of thiophene rings is 1. The highest BCUT2D eigenvalue weighted by atomic mass is 32.1. The molecule has 0 unspecified atom stereocenters. The number of rotatable bonds is 2. The van der Waals surface area contributed by atoms with Crippen LogP contribution in [0.4, 0.5) is 0 Å².